The van der Waals surface area contributed by atoms with E-state index in [2.05, 4.69) is 15.6 Å². The highest BCUT2D eigenvalue weighted by atomic mass is 32.1. The van der Waals surface area contributed by atoms with Crippen molar-refractivity contribution in [1.82, 2.24) is 4.98 Å². The van der Waals surface area contributed by atoms with Crippen molar-refractivity contribution < 1.29 is 9.59 Å². The summed E-state index contributed by atoms with van der Waals surface area (Å²) in [5, 5.41) is 10.8. The lowest BCUT2D eigenvalue weighted by Gasteiger charge is -2.11. The molecule has 27 heavy (non-hydrogen) atoms. The van der Waals surface area contributed by atoms with Gasteiger partial charge in [0.15, 0.2) is 0 Å². The summed E-state index contributed by atoms with van der Waals surface area (Å²) < 4.78 is 0. The van der Waals surface area contributed by atoms with Gasteiger partial charge in [-0.05, 0) is 55.8 Å². The van der Waals surface area contributed by atoms with Crippen molar-refractivity contribution in [3.63, 3.8) is 0 Å². The van der Waals surface area contributed by atoms with Crippen molar-refractivity contribution in [3.8, 4) is 10.6 Å². The van der Waals surface area contributed by atoms with Crippen molar-refractivity contribution in [2.24, 2.45) is 5.92 Å². The number of rotatable bonds is 5. The summed E-state index contributed by atoms with van der Waals surface area (Å²) in [6, 6.07) is 7.57. The predicted molar refractivity (Wildman–Crippen MR) is 111 cm³/mol. The Morgan fingerprint density at radius 1 is 1.15 bits per heavy atom. The molecule has 1 saturated carbocycles. The van der Waals surface area contributed by atoms with Crippen molar-refractivity contribution in [2.45, 2.75) is 26.7 Å². The minimum atomic E-state index is -0.180. The second-order valence-electron chi connectivity index (χ2n) is 6.69. The van der Waals surface area contributed by atoms with E-state index < -0.39 is 0 Å². The van der Waals surface area contributed by atoms with Gasteiger partial charge in [-0.1, -0.05) is 6.07 Å². The number of nitrogens with zero attached hydrogens (tertiary/aromatic N) is 1. The molecule has 0 radical (unpaired) electrons. The molecule has 1 aliphatic rings. The molecule has 1 aliphatic carbocycles. The molecular formula is C20H19N3O2S2. The molecule has 0 atom stereocenters. The molecule has 4 rings (SSSR count). The molecule has 7 heteroatoms. The summed E-state index contributed by atoms with van der Waals surface area (Å²) >= 11 is 3.00. The first-order valence-corrected chi connectivity index (χ1v) is 10.5. The Hall–Kier alpha value is -2.51. The number of hydrogen-bond donors (Lipinski definition) is 2. The van der Waals surface area contributed by atoms with E-state index in [4.69, 9.17) is 0 Å². The Bertz CT molecular complexity index is 1000. The predicted octanol–water partition coefficient (Wildman–Crippen LogP) is 5.09. The SMILES string of the molecule is Cc1ccc(NC(=O)C2CC2)cc1NC(=O)c1sc(-c2ccsc2)nc1C. The average Bonchev–Trinajstić information content (AvgIpc) is 3.20. The molecule has 0 spiro atoms. The van der Waals surface area contributed by atoms with E-state index in [0.717, 1.165) is 34.7 Å². The maximum absolute atomic E-state index is 12.8. The van der Waals surface area contributed by atoms with Gasteiger partial charge in [0, 0.05) is 28.2 Å². The van der Waals surface area contributed by atoms with E-state index in [1.807, 2.05) is 48.9 Å². The first kappa shape index (κ1) is 17.9. The van der Waals surface area contributed by atoms with Crippen molar-refractivity contribution >= 4 is 45.9 Å². The highest BCUT2D eigenvalue weighted by molar-refractivity contribution is 7.17. The lowest BCUT2D eigenvalue weighted by atomic mass is 10.1. The molecule has 2 N–H and O–H groups in total. The van der Waals surface area contributed by atoms with Crippen molar-refractivity contribution in [2.75, 3.05) is 10.6 Å². The zero-order valence-corrected chi connectivity index (χ0v) is 16.7. The van der Waals surface area contributed by atoms with E-state index in [1.54, 1.807) is 11.3 Å². The molecule has 2 aromatic heterocycles. The number of nitrogens with one attached hydrogen (secondary N) is 2. The topological polar surface area (TPSA) is 71.1 Å². The number of hydrogen-bond acceptors (Lipinski definition) is 5. The molecule has 2 amide bonds. The van der Waals surface area contributed by atoms with Gasteiger partial charge in [0.25, 0.3) is 5.91 Å². The van der Waals surface area contributed by atoms with Crippen LogP contribution in [0.2, 0.25) is 0 Å². The standard InChI is InChI=1S/C20H19N3O2S2/c1-11-3-6-15(22-18(24)13-4-5-13)9-16(11)23-19(25)17-12(2)21-20(27-17)14-7-8-26-10-14/h3,6-10,13H,4-5H2,1-2H3,(H,22,24)(H,23,25). The van der Waals surface area contributed by atoms with Crippen LogP contribution in [0.3, 0.4) is 0 Å². The van der Waals surface area contributed by atoms with Gasteiger partial charge in [-0.25, -0.2) is 4.98 Å². The van der Waals surface area contributed by atoms with Crippen LogP contribution in [-0.2, 0) is 4.79 Å². The normalized spacial score (nSPS) is 13.4. The van der Waals surface area contributed by atoms with E-state index in [0.29, 0.717) is 16.3 Å². The number of thiophene rings is 1. The first-order valence-electron chi connectivity index (χ1n) is 8.74. The van der Waals surface area contributed by atoms with Crippen LogP contribution < -0.4 is 10.6 Å². The maximum atomic E-state index is 12.8. The largest absolute Gasteiger partial charge is 0.326 e. The van der Waals surface area contributed by atoms with Crippen molar-refractivity contribution in [1.29, 1.82) is 0 Å². The summed E-state index contributed by atoms with van der Waals surface area (Å²) in [6.07, 6.45) is 1.91. The van der Waals surface area contributed by atoms with Crippen LogP contribution in [0.25, 0.3) is 10.6 Å². The van der Waals surface area contributed by atoms with Gasteiger partial charge in [0.2, 0.25) is 5.91 Å². The minimum absolute atomic E-state index is 0.0508. The molecule has 1 aromatic carbocycles. The Labute approximate surface area is 165 Å². The van der Waals surface area contributed by atoms with Crippen LogP contribution in [0.4, 0.5) is 11.4 Å². The monoisotopic (exact) mass is 397 g/mol. The number of carbonyl (C=O) groups excluding carboxylic acids is 2. The van der Waals surface area contributed by atoms with Crippen LogP contribution in [0.1, 0.15) is 33.8 Å². The Morgan fingerprint density at radius 2 is 1.96 bits per heavy atom. The Morgan fingerprint density at radius 3 is 2.67 bits per heavy atom. The zero-order valence-electron chi connectivity index (χ0n) is 15.0. The van der Waals surface area contributed by atoms with Gasteiger partial charge in [-0.2, -0.15) is 11.3 Å². The quantitative estimate of drug-likeness (QED) is 0.630. The summed E-state index contributed by atoms with van der Waals surface area (Å²) in [5.74, 6) is 0.00907. The molecule has 0 aliphatic heterocycles. The summed E-state index contributed by atoms with van der Waals surface area (Å²) in [4.78, 5) is 29.9. The first-order chi connectivity index (χ1) is 13.0. The van der Waals surface area contributed by atoms with Crippen LogP contribution in [0, 0.1) is 19.8 Å². The molecule has 0 saturated heterocycles. The number of aromatic nitrogens is 1. The number of benzene rings is 1. The van der Waals surface area contributed by atoms with Gasteiger partial charge < -0.3 is 10.6 Å². The van der Waals surface area contributed by atoms with Gasteiger partial charge in [-0.15, -0.1) is 11.3 Å². The van der Waals surface area contributed by atoms with Gasteiger partial charge in [0.1, 0.15) is 9.88 Å². The molecule has 3 aromatic rings. The third-order valence-corrected chi connectivity index (χ3v) is 6.36. The minimum Gasteiger partial charge on any atom is -0.326 e. The van der Waals surface area contributed by atoms with Gasteiger partial charge in [0.05, 0.1) is 5.69 Å². The molecule has 0 unspecified atom stereocenters. The smallest absolute Gasteiger partial charge is 0.267 e. The highest BCUT2D eigenvalue weighted by Crippen LogP contribution is 2.32. The van der Waals surface area contributed by atoms with E-state index >= 15 is 0 Å². The van der Waals surface area contributed by atoms with Crippen LogP contribution in [0.5, 0.6) is 0 Å². The zero-order chi connectivity index (χ0) is 19.0. The molecular weight excluding hydrogens is 378 g/mol. The molecule has 2 heterocycles. The Kier molecular flexibility index (Phi) is 4.80. The number of thiazole rings is 1. The third kappa shape index (κ3) is 3.94. The molecule has 1 fully saturated rings. The van der Waals surface area contributed by atoms with Crippen LogP contribution >= 0.6 is 22.7 Å². The average molecular weight is 398 g/mol. The summed E-state index contributed by atoms with van der Waals surface area (Å²) in [6.45, 7) is 3.78. The number of aryl methyl sites for hydroxylation is 2. The Balaban J connectivity index is 1.53. The third-order valence-electron chi connectivity index (χ3n) is 4.47. The number of amides is 2. The van der Waals surface area contributed by atoms with E-state index in [1.165, 1.54) is 11.3 Å². The van der Waals surface area contributed by atoms with Crippen LogP contribution in [-0.4, -0.2) is 16.8 Å². The second kappa shape index (κ2) is 7.25. The number of anilines is 2. The fraction of sp³-hybridized carbons (Fsp3) is 0.250. The highest BCUT2D eigenvalue weighted by Gasteiger charge is 2.29. The molecule has 138 valence electrons. The van der Waals surface area contributed by atoms with Gasteiger partial charge >= 0.3 is 0 Å². The van der Waals surface area contributed by atoms with Crippen LogP contribution in [0.15, 0.2) is 35.0 Å². The molecule has 0 bridgehead atoms. The second-order valence-corrected chi connectivity index (χ2v) is 8.47. The maximum Gasteiger partial charge on any atom is 0.267 e. The fourth-order valence-electron chi connectivity index (χ4n) is 2.72. The molecule has 5 nitrogen and oxygen atoms in total. The lowest BCUT2D eigenvalue weighted by molar-refractivity contribution is -0.117. The number of carbonyl (C=O) groups is 2. The van der Waals surface area contributed by atoms with Gasteiger partial charge in [-0.3, -0.25) is 9.59 Å². The van der Waals surface area contributed by atoms with Crippen molar-refractivity contribution in [3.05, 3.63) is 51.2 Å². The summed E-state index contributed by atoms with van der Waals surface area (Å²) in [5.41, 5.74) is 4.09. The van der Waals surface area contributed by atoms with E-state index in [9.17, 15) is 9.59 Å². The summed E-state index contributed by atoms with van der Waals surface area (Å²) in [7, 11) is 0. The van der Waals surface area contributed by atoms with E-state index in [-0.39, 0.29) is 17.7 Å². The fourth-order valence-corrected chi connectivity index (χ4v) is 4.39. The lowest BCUT2D eigenvalue weighted by Crippen LogP contribution is -2.15.